The number of hydrogen-bond donors (Lipinski definition) is 2. The molecule has 146 valence electrons. The third-order valence-electron chi connectivity index (χ3n) is 4.46. The van der Waals surface area contributed by atoms with Gasteiger partial charge in [-0.3, -0.25) is 19.6 Å². The minimum Gasteiger partial charge on any atom is -0.280 e. The highest BCUT2D eigenvalue weighted by molar-refractivity contribution is 7.89. The first kappa shape index (κ1) is 19.6. The maximum Gasteiger partial charge on any atom is 0.351 e. The van der Waals surface area contributed by atoms with Crippen LogP contribution in [0.5, 0.6) is 0 Å². The third kappa shape index (κ3) is 3.49. The lowest BCUT2D eigenvalue weighted by Gasteiger charge is -2.15. The molecule has 2 N–H and O–H groups in total. The van der Waals surface area contributed by atoms with Gasteiger partial charge in [0, 0.05) is 5.54 Å². The molecule has 0 aliphatic heterocycles. The van der Waals surface area contributed by atoms with Crippen LogP contribution in [0.15, 0.2) is 45.3 Å². The Hall–Kier alpha value is -3.16. The number of aromatic nitrogens is 2. The maximum absolute atomic E-state index is 12.8. The number of hydrogen-bond acceptors (Lipinski definition) is 5. The molecule has 0 unspecified atom stereocenters. The first-order valence-corrected chi connectivity index (χ1v) is 9.81. The number of nitrogens with one attached hydrogen (secondary N) is 2. The van der Waals surface area contributed by atoms with Gasteiger partial charge in [-0.05, 0) is 44.0 Å². The highest BCUT2D eigenvalue weighted by Gasteiger charge is 2.41. The Labute approximate surface area is 160 Å². The van der Waals surface area contributed by atoms with E-state index < -0.39 is 32.7 Å². The monoisotopic (exact) mass is 402 g/mol. The van der Waals surface area contributed by atoms with Crippen LogP contribution in [0.4, 0.5) is 0 Å². The number of carbonyl (C=O) groups excluding carboxylic acids is 1. The van der Waals surface area contributed by atoms with Crippen molar-refractivity contribution in [3.05, 3.63) is 51.7 Å². The number of benzene rings is 1. The van der Waals surface area contributed by atoms with Crippen molar-refractivity contribution in [1.82, 2.24) is 14.0 Å². The van der Waals surface area contributed by atoms with E-state index in [0.717, 1.165) is 29.6 Å². The molecule has 1 aromatic carbocycles. The quantitative estimate of drug-likeness (QED) is 0.516. The van der Waals surface area contributed by atoms with Gasteiger partial charge in [0.25, 0.3) is 11.5 Å². The van der Waals surface area contributed by atoms with Gasteiger partial charge in [0.1, 0.15) is 0 Å². The van der Waals surface area contributed by atoms with Crippen LogP contribution in [0, 0.1) is 12.3 Å². The topological polar surface area (TPSA) is 119 Å². The Bertz CT molecular complexity index is 1260. The summed E-state index contributed by atoms with van der Waals surface area (Å²) >= 11 is 0. The SMILES string of the molecule is C#CCn1c(=O)n(NC(=O)C=C)c(=O)c2cc(S(=O)(=O)NC3(C)CC3)ccc21. The van der Waals surface area contributed by atoms with Crippen LogP contribution in [0.3, 0.4) is 0 Å². The fourth-order valence-corrected chi connectivity index (χ4v) is 4.18. The lowest BCUT2D eigenvalue weighted by atomic mass is 10.2. The van der Waals surface area contributed by atoms with Crippen LogP contribution in [-0.4, -0.2) is 29.1 Å². The fraction of sp³-hybridized carbons (Fsp3) is 0.278. The molecular weight excluding hydrogens is 384 g/mol. The van der Waals surface area contributed by atoms with E-state index in [0.29, 0.717) is 4.68 Å². The fourth-order valence-electron chi connectivity index (χ4n) is 2.69. The molecule has 1 saturated carbocycles. The van der Waals surface area contributed by atoms with Gasteiger partial charge in [-0.1, -0.05) is 12.5 Å². The summed E-state index contributed by atoms with van der Waals surface area (Å²) in [5.74, 6) is 1.52. The standard InChI is InChI=1S/C18H18N4O5S/c1-4-10-21-14-7-6-12(28(26,27)20-18(3)8-9-18)11-13(14)16(24)22(17(21)25)19-15(23)5-2/h1,5-7,11,20H,2,8-10H2,3H3,(H,19,23). The van der Waals surface area contributed by atoms with Crippen molar-refractivity contribution in [3.63, 3.8) is 0 Å². The third-order valence-corrected chi connectivity index (χ3v) is 6.10. The van der Waals surface area contributed by atoms with Crippen molar-refractivity contribution in [2.24, 2.45) is 0 Å². The molecule has 1 amide bonds. The Morgan fingerprint density at radius 3 is 2.64 bits per heavy atom. The van der Waals surface area contributed by atoms with Crippen LogP contribution in [0.1, 0.15) is 19.8 Å². The van der Waals surface area contributed by atoms with Gasteiger partial charge in [0.2, 0.25) is 10.0 Å². The Balaban J connectivity index is 2.25. The number of rotatable bonds is 6. The van der Waals surface area contributed by atoms with Gasteiger partial charge in [-0.15, -0.1) is 6.42 Å². The van der Waals surface area contributed by atoms with E-state index in [1.54, 1.807) is 6.92 Å². The highest BCUT2D eigenvalue weighted by atomic mass is 32.2. The summed E-state index contributed by atoms with van der Waals surface area (Å²) in [7, 11) is -3.87. The van der Waals surface area contributed by atoms with Gasteiger partial charge in [0.05, 0.1) is 22.3 Å². The number of terminal acetylenes is 1. The van der Waals surface area contributed by atoms with E-state index >= 15 is 0 Å². The van der Waals surface area contributed by atoms with Crippen molar-refractivity contribution < 1.29 is 13.2 Å². The van der Waals surface area contributed by atoms with Crippen LogP contribution in [0.2, 0.25) is 0 Å². The highest BCUT2D eigenvalue weighted by Crippen LogP contribution is 2.36. The zero-order valence-corrected chi connectivity index (χ0v) is 15.9. The van der Waals surface area contributed by atoms with E-state index in [1.807, 2.05) is 0 Å². The summed E-state index contributed by atoms with van der Waals surface area (Å²) in [6.45, 7) is 4.87. The Morgan fingerprint density at radius 2 is 2.07 bits per heavy atom. The summed E-state index contributed by atoms with van der Waals surface area (Å²) in [6, 6.07) is 3.81. The molecular formula is C18H18N4O5S. The van der Waals surface area contributed by atoms with Crippen molar-refractivity contribution in [1.29, 1.82) is 0 Å². The zero-order chi connectivity index (χ0) is 20.7. The maximum atomic E-state index is 12.8. The van der Waals surface area contributed by atoms with E-state index in [1.165, 1.54) is 12.1 Å². The molecule has 0 radical (unpaired) electrons. The average Bonchev–Trinajstić information content (AvgIpc) is 3.37. The second kappa shape index (κ2) is 6.78. The van der Waals surface area contributed by atoms with Crippen molar-refractivity contribution in [2.75, 3.05) is 5.43 Å². The molecule has 0 saturated heterocycles. The minimum absolute atomic E-state index is 0.0805. The summed E-state index contributed by atoms with van der Waals surface area (Å²) < 4.78 is 29.4. The summed E-state index contributed by atoms with van der Waals surface area (Å²) in [4.78, 5) is 36.8. The zero-order valence-electron chi connectivity index (χ0n) is 15.1. The van der Waals surface area contributed by atoms with Gasteiger partial charge < -0.3 is 0 Å². The van der Waals surface area contributed by atoms with Crippen molar-refractivity contribution in [3.8, 4) is 12.3 Å². The second-order valence-electron chi connectivity index (χ2n) is 6.74. The van der Waals surface area contributed by atoms with Crippen molar-refractivity contribution >= 4 is 26.8 Å². The smallest absolute Gasteiger partial charge is 0.280 e. The summed E-state index contributed by atoms with van der Waals surface area (Å²) in [5.41, 5.74) is 0.0413. The molecule has 1 aliphatic rings. The number of fused-ring (bicyclic) bond motifs is 1. The van der Waals surface area contributed by atoms with Gasteiger partial charge in [-0.2, -0.15) is 4.68 Å². The minimum atomic E-state index is -3.87. The summed E-state index contributed by atoms with van der Waals surface area (Å²) in [5, 5.41) is -0.0805. The molecule has 1 aliphatic carbocycles. The average molecular weight is 402 g/mol. The normalized spacial score (nSPS) is 15.0. The Kier molecular flexibility index (Phi) is 4.74. The van der Waals surface area contributed by atoms with Gasteiger partial charge in [-0.25, -0.2) is 17.9 Å². The van der Waals surface area contributed by atoms with Crippen LogP contribution >= 0.6 is 0 Å². The van der Waals surface area contributed by atoms with E-state index in [9.17, 15) is 22.8 Å². The molecule has 2 aromatic rings. The number of carbonyl (C=O) groups is 1. The molecule has 9 nitrogen and oxygen atoms in total. The molecule has 1 heterocycles. The second-order valence-corrected chi connectivity index (χ2v) is 8.42. The first-order valence-electron chi connectivity index (χ1n) is 8.32. The van der Waals surface area contributed by atoms with Crippen molar-refractivity contribution in [2.45, 2.75) is 36.7 Å². The van der Waals surface area contributed by atoms with Gasteiger partial charge in [0.15, 0.2) is 0 Å². The first-order chi connectivity index (χ1) is 13.1. The predicted molar refractivity (Wildman–Crippen MR) is 104 cm³/mol. The largest absolute Gasteiger partial charge is 0.351 e. The van der Waals surface area contributed by atoms with Crippen LogP contribution in [-0.2, 0) is 21.4 Å². The van der Waals surface area contributed by atoms with E-state index in [-0.39, 0.29) is 22.3 Å². The van der Waals surface area contributed by atoms with Crippen LogP contribution < -0.4 is 21.4 Å². The lowest BCUT2D eigenvalue weighted by Crippen LogP contribution is -2.46. The van der Waals surface area contributed by atoms with Gasteiger partial charge >= 0.3 is 5.69 Å². The summed E-state index contributed by atoms with van der Waals surface area (Å²) in [6.07, 6.45) is 7.64. The number of amides is 1. The van der Waals surface area contributed by atoms with Crippen LogP contribution in [0.25, 0.3) is 10.9 Å². The number of sulfonamides is 1. The molecule has 0 bridgehead atoms. The van der Waals surface area contributed by atoms with E-state index in [2.05, 4.69) is 22.6 Å². The molecule has 10 heteroatoms. The van der Waals surface area contributed by atoms with E-state index in [4.69, 9.17) is 6.42 Å². The number of nitrogens with zero attached hydrogens (tertiary/aromatic N) is 2. The molecule has 1 aromatic heterocycles. The Morgan fingerprint density at radius 1 is 1.39 bits per heavy atom. The lowest BCUT2D eigenvalue weighted by molar-refractivity contribution is -0.112. The molecule has 3 rings (SSSR count). The molecule has 28 heavy (non-hydrogen) atoms. The molecule has 0 spiro atoms. The molecule has 0 atom stereocenters. The molecule has 1 fully saturated rings. The predicted octanol–water partition coefficient (Wildman–Crippen LogP) is -0.117.